The molecule has 0 bridgehead atoms. The van der Waals surface area contributed by atoms with E-state index in [1.165, 1.54) is 12.1 Å². The number of amides is 1. The maximum absolute atomic E-state index is 12.3. The summed E-state index contributed by atoms with van der Waals surface area (Å²) in [7, 11) is 0. The van der Waals surface area contributed by atoms with E-state index in [4.69, 9.17) is 4.52 Å². The second-order valence-corrected chi connectivity index (χ2v) is 5.65. The molecule has 0 aliphatic carbocycles. The van der Waals surface area contributed by atoms with Crippen LogP contribution in [0.4, 0.5) is 11.4 Å². The fourth-order valence-electron chi connectivity index (χ4n) is 2.23. The van der Waals surface area contributed by atoms with E-state index >= 15 is 0 Å². The molecule has 1 aromatic heterocycles. The van der Waals surface area contributed by atoms with Gasteiger partial charge in [0.15, 0.2) is 5.76 Å². The van der Waals surface area contributed by atoms with Crippen LogP contribution in [0.25, 0.3) is 0 Å². The molecular formula is C16H20N4O4. The number of benzene rings is 1. The Bertz CT molecular complexity index is 722. The van der Waals surface area contributed by atoms with Crippen LogP contribution < -0.4 is 10.6 Å². The van der Waals surface area contributed by atoms with Crippen LogP contribution in [0.1, 0.15) is 41.6 Å². The number of nitrogens with zero attached hydrogens (tertiary/aromatic N) is 2. The van der Waals surface area contributed by atoms with Crippen molar-refractivity contribution in [3.8, 4) is 0 Å². The molecule has 8 nitrogen and oxygen atoms in total. The monoisotopic (exact) mass is 332 g/mol. The van der Waals surface area contributed by atoms with E-state index < -0.39 is 4.92 Å². The minimum atomic E-state index is -0.447. The zero-order valence-corrected chi connectivity index (χ0v) is 13.8. The van der Waals surface area contributed by atoms with Gasteiger partial charge in [0.2, 0.25) is 0 Å². The fourth-order valence-corrected chi connectivity index (χ4v) is 2.23. The molecule has 2 aromatic rings. The van der Waals surface area contributed by atoms with Gasteiger partial charge >= 0.3 is 0 Å². The first-order chi connectivity index (χ1) is 11.4. The molecule has 24 heavy (non-hydrogen) atoms. The molecule has 0 aliphatic rings. The summed E-state index contributed by atoms with van der Waals surface area (Å²) in [5.41, 5.74) is 1.84. The predicted octanol–water partition coefficient (Wildman–Crippen LogP) is 2.86. The summed E-state index contributed by atoms with van der Waals surface area (Å²) in [4.78, 5) is 22.4. The van der Waals surface area contributed by atoms with Gasteiger partial charge in [-0.1, -0.05) is 19.0 Å². The van der Waals surface area contributed by atoms with Crippen molar-refractivity contribution in [1.29, 1.82) is 0 Å². The highest BCUT2D eigenvalue weighted by molar-refractivity contribution is 5.96. The van der Waals surface area contributed by atoms with Crippen molar-refractivity contribution >= 4 is 17.3 Å². The van der Waals surface area contributed by atoms with Gasteiger partial charge in [-0.05, 0) is 19.1 Å². The van der Waals surface area contributed by atoms with Gasteiger partial charge in [0, 0.05) is 36.8 Å². The molecule has 0 saturated heterocycles. The summed E-state index contributed by atoms with van der Waals surface area (Å²) in [5, 5.41) is 20.3. The van der Waals surface area contributed by atoms with Crippen molar-refractivity contribution < 1.29 is 14.2 Å². The molecule has 1 aromatic carbocycles. The summed E-state index contributed by atoms with van der Waals surface area (Å²) < 4.78 is 5.20. The van der Waals surface area contributed by atoms with Crippen LogP contribution in [0.15, 0.2) is 28.8 Å². The summed E-state index contributed by atoms with van der Waals surface area (Å²) in [6.07, 6.45) is 0. The number of hydrogen-bond acceptors (Lipinski definition) is 6. The van der Waals surface area contributed by atoms with Gasteiger partial charge in [0.05, 0.1) is 10.6 Å². The fraction of sp³-hybridized carbons (Fsp3) is 0.375. The Hall–Kier alpha value is -2.90. The molecule has 1 heterocycles. The number of carbonyl (C=O) groups is 1. The van der Waals surface area contributed by atoms with Crippen LogP contribution in [-0.4, -0.2) is 29.1 Å². The molecular weight excluding hydrogens is 312 g/mol. The Morgan fingerprint density at radius 1 is 1.29 bits per heavy atom. The van der Waals surface area contributed by atoms with Crippen molar-refractivity contribution in [1.82, 2.24) is 10.5 Å². The third-order valence-corrected chi connectivity index (χ3v) is 3.46. The summed E-state index contributed by atoms with van der Waals surface area (Å²) >= 11 is 0. The quantitative estimate of drug-likeness (QED) is 0.458. The lowest BCUT2D eigenvalue weighted by molar-refractivity contribution is -0.384. The van der Waals surface area contributed by atoms with Gasteiger partial charge < -0.3 is 15.2 Å². The molecule has 0 aliphatic heterocycles. The smallest absolute Gasteiger partial charge is 0.269 e. The third kappa shape index (κ3) is 4.09. The standard InChI is InChI=1S/C16H20N4O4/c1-10(2)15-14(11(3)19-24-15)16(21)18-9-8-17-12-4-6-13(7-5-12)20(22)23/h4-7,10,17H,8-9H2,1-3H3,(H,18,21). The van der Waals surface area contributed by atoms with Gasteiger partial charge in [-0.25, -0.2) is 0 Å². The van der Waals surface area contributed by atoms with Gasteiger partial charge in [-0.2, -0.15) is 0 Å². The molecule has 0 radical (unpaired) electrons. The maximum atomic E-state index is 12.3. The first kappa shape index (κ1) is 17.5. The Morgan fingerprint density at radius 2 is 1.96 bits per heavy atom. The number of hydrogen-bond donors (Lipinski definition) is 2. The summed E-state index contributed by atoms with van der Waals surface area (Å²) in [6.45, 7) is 6.50. The first-order valence-electron chi connectivity index (χ1n) is 7.63. The average molecular weight is 332 g/mol. The van der Waals surface area contributed by atoms with Gasteiger partial charge in [-0.3, -0.25) is 14.9 Å². The highest BCUT2D eigenvalue weighted by Gasteiger charge is 2.22. The molecule has 1 amide bonds. The van der Waals surface area contributed by atoms with E-state index in [1.54, 1.807) is 19.1 Å². The second kappa shape index (κ2) is 7.58. The zero-order valence-electron chi connectivity index (χ0n) is 13.8. The van der Waals surface area contributed by atoms with Crippen LogP contribution in [0.2, 0.25) is 0 Å². The number of carbonyl (C=O) groups excluding carboxylic acids is 1. The average Bonchev–Trinajstić information content (AvgIpc) is 2.94. The highest BCUT2D eigenvalue weighted by Crippen LogP contribution is 2.22. The molecule has 2 N–H and O–H groups in total. The lowest BCUT2D eigenvalue weighted by atomic mass is 10.0. The topological polar surface area (TPSA) is 110 Å². The third-order valence-electron chi connectivity index (χ3n) is 3.46. The van der Waals surface area contributed by atoms with E-state index in [0.29, 0.717) is 30.1 Å². The van der Waals surface area contributed by atoms with Crippen molar-refractivity contribution in [2.45, 2.75) is 26.7 Å². The first-order valence-corrected chi connectivity index (χ1v) is 7.63. The van der Waals surface area contributed by atoms with Gasteiger partial charge in [0.25, 0.3) is 11.6 Å². The number of nitro benzene ring substituents is 1. The van der Waals surface area contributed by atoms with Crippen LogP contribution in [0, 0.1) is 17.0 Å². The molecule has 8 heteroatoms. The molecule has 0 atom stereocenters. The Balaban J connectivity index is 1.85. The van der Waals surface area contributed by atoms with Gasteiger partial charge in [0.1, 0.15) is 5.56 Å². The van der Waals surface area contributed by atoms with Crippen LogP contribution >= 0.6 is 0 Å². The largest absolute Gasteiger partial charge is 0.383 e. The van der Waals surface area contributed by atoms with E-state index in [9.17, 15) is 14.9 Å². The lowest BCUT2D eigenvalue weighted by Crippen LogP contribution is -2.29. The minimum Gasteiger partial charge on any atom is -0.383 e. The molecule has 2 rings (SSSR count). The molecule has 128 valence electrons. The van der Waals surface area contributed by atoms with E-state index in [-0.39, 0.29) is 17.5 Å². The number of nitro groups is 1. The maximum Gasteiger partial charge on any atom is 0.269 e. The van der Waals surface area contributed by atoms with Crippen molar-refractivity contribution in [2.24, 2.45) is 0 Å². The molecule has 0 unspecified atom stereocenters. The number of rotatable bonds is 7. The Kier molecular flexibility index (Phi) is 5.51. The zero-order chi connectivity index (χ0) is 17.7. The second-order valence-electron chi connectivity index (χ2n) is 5.65. The number of aromatic nitrogens is 1. The number of nitrogens with one attached hydrogen (secondary N) is 2. The lowest BCUT2D eigenvalue weighted by Gasteiger charge is -2.09. The van der Waals surface area contributed by atoms with Crippen molar-refractivity contribution in [3.05, 3.63) is 51.4 Å². The van der Waals surface area contributed by atoms with Crippen molar-refractivity contribution in [2.75, 3.05) is 18.4 Å². The number of anilines is 1. The summed E-state index contributed by atoms with van der Waals surface area (Å²) in [5.74, 6) is 0.432. The van der Waals surface area contributed by atoms with Crippen LogP contribution in [0.3, 0.4) is 0 Å². The van der Waals surface area contributed by atoms with E-state index in [1.807, 2.05) is 13.8 Å². The SMILES string of the molecule is Cc1noc(C(C)C)c1C(=O)NCCNc1ccc([N+](=O)[O-])cc1. The normalized spacial score (nSPS) is 10.7. The summed E-state index contributed by atoms with van der Waals surface area (Å²) in [6, 6.07) is 6.11. The molecule has 0 saturated carbocycles. The van der Waals surface area contributed by atoms with Crippen LogP contribution in [-0.2, 0) is 0 Å². The number of non-ortho nitro benzene ring substituents is 1. The van der Waals surface area contributed by atoms with Crippen molar-refractivity contribution in [3.63, 3.8) is 0 Å². The van der Waals surface area contributed by atoms with Crippen LogP contribution in [0.5, 0.6) is 0 Å². The molecule has 0 fully saturated rings. The minimum absolute atomic E-state index is 0.0398. The number of aryl methyl sites for hydroxylation is 1. The predicted molar refractivity (Wildman–Crippen MR) is 89.2 cm³/mol. The van der Waals surface area contributed by atoms with Gasteiger partial charge in [-0.15, -0.1) is 0 Å². The van der Waals surface area contributed by atoms with E-state index in [0.717, 1.165) is 5.69 Å². The Labute approximate surface area is 139 Å². The highest BCUT2D eigenvalue weighted by atomic mass is 16.6. The Morgan fingerprint density at radius 3 is 2.54 bits per heavy atom. The van der Waals surface area contributed by atoms with E-state index in [2.05, 4.69) is 15.8 Å². The molecule has 0 spiro atoms.